The number of nitrogens with one attached hydrogen (secondary N) is 1. The molecular weight excluding hydrogens is 262 g/mol. The topological polar surface area (TPSA) is 30.5 Å². The van der Waals surface area contributed by atoms with Crippen LogP contribution in [0.2, 0.25) is 0 Å². The largest absolute Gasteiger partial charge is 0.496 e. The minimum absolute atomic E-state index is 0.112. The SMILES string of the molecule is CCCNC(COc1ccccc1)c1ccccc1OC. The summed E-state index contributed by atoms with van der Waals surface area (Å²) < 4.78 is 11.4. The van der Waals surface area contributed by atoms with Crippen LogP contribution in [0.15, 0.2) is 54.6 Å². The Morgan fingerprint density at radius 2 is 1.71 bits per heavy atom. The van der Waals surface area contributed by atoms with Crippen molar-refractivity contribution >= 4 is 0 Å². The number of rotatable bonds is 8. The molecule has 0 aliphatic carbocycles. The Balaban J connectivity index is 2.10. The zero-order valence-electron chi connectivity index (χ0n) is 12.7. The van der Waals surface area contributed by atoms with E-state index in [0.29, 0.717) is 6.61 Å². The first-order valence-electron chi connectivity index (χ1n) is 7.39. The van der Waals surface area contributed by atoms with Gasteiger partial charge in [-0.3, -0.25) is 0 Å². The first-order chi connectivity index (χ1) is 10.3. The molecule has 0 saturated carbocycles. The van der Waals surface area contributed by atoms with Crippen LogP contribution in [0.4, 0.5) is 0 Å². The summed E-state index contributed by atoms with van der Waals surface area (Å²) in [5.74, 6) is 1.78. The van der Waals surface area contributed by atoms with Crippen LogP contribution in [0, 0.1) is 0 Å². The molecule has 0 fully saturated rings. The first kappa shape index (κ1) is 15.4. The standard InChI is InChI=1S/C18H23NO2/c1-3-13-19-17(14-21-15-9-5-4-6-10-15)16-11-7-8-12-18(16)20-2/h4-12,17,19H,3,13-14H2,1-2H3. The molecule has 21 heavy (non-hydrogen) atoms. The van der Waals surface area contributed by atoms with E-state index in [1.165, 1.54) is 0 Å². The Kier molecular flexibility index (Phi) is 6.10. The quantitative estimate of drug-likeness (QED) is 0.800. The molecule has 0 aliphatic rings. The maximum absolute atomic E-state index is 5.90. The minimum Gasteiger partial charge on any atom is -0.496 e. The predicted octanol–water partition coefficient (Wildman–Crippen LogP) is 3.81. The van der Waals surface area contributed by atoms with Crippen LogP contribution in [0.5, 0.6) is 11.5 Å². The van der Waals surface area contributed by atoms with Crippen LogP contribution in [-0.2, 0) is 0 Å². The second-order valence-electron chi connectivity index (χ2n) is 4.87. The fourth-order valence-corrected chi connectivity index (χ4v) is 2.23. The molecule has 3 nitrogen and oxygen atoms in total. The highest BCUT2D eigenvalue weighted by Crippen LogP contribution is 2.25. The van der Waals surface area contributed by atoms with Crippen molar-refractivity contribution in [2.45, 2.75) is 19.4 Å². The molecule has 1 atom stereocenters. The molecule has 0 spiro atoms. The predicted molar refractivity (Wildman–Crippen MR) is 86.0 cm³/mol. The Morgan fingerprint density at radius 3 is 2.43 bits per heavy atom. The average Bonchev–Trinajstić information content (AvgIpc) is 2.56. The van der Waals surface area contributed by atoms with Crippen LogP contribution in [0.3, 0.4) is 0 Å². The summed E-state index contributed by atoms with van der Waals surface area (Å²) >= 11 is 0. The molecule has 0 saturated heterocycles. The monoisotopic (exact) mass is 285 g/mol. The van der Waals surface area contributed by atoms with Gasteiger partial charge in [0.1, 0.15) is 18.1 Å². The highest BCUT2D eigenvalue weighted by Gasteiger charge is 2.15. The van der Waals surface area contributed by atoms with E-state index in [-0.39, 0.29) is 6.04 Å². The van der Waals surface area contributed by atoms with Crippen LogP contribution < -0.4 is 14.8 Å². The van der Waals surface area contributed by atoms with Crippen molar-refractivity contribution in [2.24, 2.45) is 0 Å². The lowest BCUT2D eigenvalue weighted by Crippen LogP contribution is -2.28. The van der Waals surface area contributed by atoms with Gasteiger partial charge in [0, 0.05) is 5.56 Å². The summed E-state index contributed by atoms with van der Waals surface area (Å²) in [6, 6.07) is 18.1. The first-order valence-corrected chi connectivity index (χ1v) is 7.39. The van der Waals surface area contributed by atoms with Gasteiger partial charge in [-0.05, 0) is 31.2 Å². The van der Waals surface area contributed by atoms with Gasteiger partial charge in [0.2, 0.25) is 0 Å². The highest BCUT2D eigenvalue weighted by atomic mass is 16.5. The Morgan fingerprint density at radius 1 is 1.00 bits per heavy atom. The molecule has 2 aromatic carbocycles. The van der Waals surface area contributed by atoms with Gasteiger partial charge in [-0.2, -0.15) is 0 Å². The van der Waals surface area contributed by atoms with Gasteiger partial charge in [0.25, 0.3) is 0 Å². The molecule has 0 bridgehead atoms. The summed E-state index contributed by atoms with van der Waals surface area (Å²) in [7, 11) is 1.70. The number of hydrogen-bond donors (Lipinski definition) is 1. The fraction of sp³-hybridized carbons (Fsp3) is 0.333. The molecule has 0 amide bonds. The lowest BCUT2D eigenvalue weighted by Gasteiger charge is -2.21. The van der Waals surface area contributed by atoms with E-state index in [1.807, 2.05) is 48.5 Å². The van der Waals surface area contributed by atoms with Gasteiger partial charge in [-0.1, -0.05) is 43.3 Å². The normalized spacial score (nSPS) is 11.9. The summed E-state index contributed by atoms with van der Waals surface area (Å²) in [4.78, 5) is 0. The zero-order valence-corrected chi connectivity index (χ0v) is 12.7. The van der Waals surface area contributed by atoms with Crippen molar-refractivity contribution in [1.82, 2.24) is 5.32 Å². The van der Waals surface area contributed by atoms with Crippen molar-refractivity contribution in [3.63, 3.8) is 0 Å². The van der Waals surface area contributed by atoms with Gasteiger partial charge < -0.3 is 14.8 Å². The minimum atomic E-state index is 0.112. The van der Waals surface area contributed by atoms with Gasteiger partial charge in [-0.15, -0.1) is 0 Å². The Bertz CT molecular complexity index is 528. The smallest absolute Gasteiger partial charge is 0.123 e. The van der Waals surface area contributed by atoms with Gasteiger partial charge in [0.15, 0.2) is 0 Å². The van der Waals surface area contributed by atoms with Crippen LogP contribution in [0.1, 0.15) is 24.9 Å². The van der Waals surface area contributed by atoms with E-state index < -0.39 is 0 Å². The maximum Gasteiger partial charge on any atom is 0.123 e. The second kappa shape index (κ2) is 8.32. The molecule has 2 rings (SSSR count). The zero-order chi connectivity index (χ0) is 14.9. The fourth-order valence-electron chi connectivity index (χ4n) is 2.23. The number of ether oxygens (including phenoxy) is 2. The molecule has 2 aromatic rings. The van der Waals surface area contributed by atoms with Crippen LogP contribution >= 0.6 is 0 Å². The summed E-state index contributed by atoms with van der Waals surface area (Å²) in [5, 5.41) is 3.53. The van der Waals surface area contributed by atoms with E-state index in [9.17, 15) is 0 Å². The van der Waals surface area contributed by atoms with Crippen LogP contribution in [0.25, 0.3) is 0 Å². The summed E-state index contributed by atoms with van der Waals surface area (Å²) in [6.07, 6.45) is 1.08. The highest BCUT2D eigenvalue weighted by molar-refractivity contribution is 5.36. The van der Waals surface area contributed by atoms with Crippen molar-refractivity contribution in [2.75, 3.05) is 20.3 Å². The molecule has 0 aromatic heterocycles. The number of methoxy groups -OCH3 is 1. The lowest BCUT2D eigenvalue weighted by molar-refractivity contribution is 0.262. The van der Waals surface area contributed by atoms with Crippen LogP contribution in [-0.4, -0.2) is 20.3 Å². The third-order valence-corrected chi connectivity index (χ3v) is 3.31. The molecule has 112 valence electrons. The van der Waals surface area contributed by atoms with E-state index in [1.54, 1.807) is 7.11 Å². The Hall–Kier alpha value is -2.00. The molecule has 0 aliphatic heterocycles. The summed E-state index contributed by atoms with van der Waals surface area (Å²) in [5.41, 5.74) is 1.13. The van der Waals surface area contributed by atoms with Gasteiger partial charge in [-0.25, -0.2) is 0 Å². The van der Waals surface area contributed by atoms with Crippen molar-refractivity contribution < 1.29 is 9.47 Å². The van der Waals surface area contributed by atoms with Crippen molar-refractivity contribution in [3.05, 3.63) is 60.2 Å². The summed E-state index contributed by atoms with van der Waals surface area (Å²) in [6.45, 7) is 3.68. The van der Waals surface area contributed by atoms with E-state index in [2.05, 4.69) is 18.3 Å². The van der Waals surface area contributed by atoms with Gasteiger partial charge in [0.05, 0.1) is 13.2 Å². The number of para-hydroxylation sites is 2. The van der Waals surface area contributed by atoms with E-state index in [0.717, 1.165) is 30.0 Å². The molecule has 1 unspecified atom stereocenters. The average molecular weight is 285 g/mol. The Labute approximate surface area is 126 Å². The maximum atomic E-state index is 5.90. The lowest BCUT2D eigenvalue weighted by atomic mass is 10.1. The molecule has 0 radical (unpaired) electrons. The van der Waals surface area contributed by atoms with Crippen molar-refractivity contribution in [1.29, 1.82) is 0 Å². The molecule has 1 N–H and O–H groups in total. The number of benzene rings is 2. The third kappa shape index (κ3) is 4.50. The number of hydrogen-bond acceptors (Lipinski definition) is 3. The second-order valence-corrected chi connectivity index (χ2v) is 4.87. The van der Waals surface area contributed by atoms with E-state index >= 15 is 0 Å². The van der Waals surface area contributed by atoms with E-state index in [4.69, 9.17) is 9.47 Å². The molecule has 3 heteroatoms. The molecule has 0 heterocycles. The molecular formula is C18H23NO2. The third-order valence-electron chi connectivity index (χ3n) is 3.31. The van der Waals surface area contributed by atoms with Gasteiger partial charge >= 0.3 is 0 Å². The van der Waals surface area contributed by atoms with Crippen molar-refractivity contribution in [3.8, 4) is 11.5 Å².